The van der Waals surface area contributed by atoms with E-state index in [1.54, 1.807) is 35.2 Å². The number of anilines is 1. The molecule has 6 N–H and O–H groups in total. The van der Waals surface area contributed by atoms with Crippen molar-refractivity contribution in [3.05, 3.63) is 95.6 Å². The molecule has 3 aromatic rings. The van der Waals surface area contributed by atoms with Crippen molar-refractivity contribution in [2.45, 2.75) is 49.9 Å². The zero-order chi connectivity index (χ0) is 38.3. The van der Waals surface area contributed by atoms with Crippen LogP contribution < -0.4 is 21.7 Å². The molecule has 0 bridgehead atoms. The van der Waals surface area contributed by atoms with Crippen LogP contribution in [0.4, 0.5) is 5.69 Å². The Hall–Kier alpha value is -5.30. The molecule has 0 aliphatic carbocycles. The summed E-state index contributed by atoms with van der Waals surface area (Å²) in [6.45, 7) is 8.04. The van der Waals surface area contributed by atoms with Gasteiger partial charge in [0.05, 0.1) is 22.7 Å². The molecule has 1 aromatic heterocycles. The lowest BCUT2D eigenvalue weighted by atomic mass is 9.68. The first-order valence-electron chi connectivity index (χ1n) is 19.7. The monoisotopic (exact) mass is 747 g/mol. The highest BCUT2D eigenvalue weighted by molar-refractivity contribution is 6.01. The van der Waals surface area contributed by atoms with Crippen LogP contribution >= 0.6 is 0 Å². The van der Waals surface area contributed by atoms with Crippen LogP contribution in [0.5, 0.6) is 5.75 Å². The molecule has 1 atom stereocenters. The number of piperidine rings is 3. The fourth-order valence-corrected chi connectivity index (χ4v) is 9.71. The normalized spacial score (nSPS) is 23.4. The largest absolute Gasteiger partial charge is 0.507 e. The van der Waals surface area contributed by atoms with Crippen LogP contribution in [-0.4, -0.2) is 106 Å². The quantitative estimate of drug-likeness (QED) is 0.189. The van der Waals surface area contributed by atoms with Gasteiger partial charge >= 0.3 is 0 Å². The molecule has 290 valence electrons. The van der Waals surface area contributed by atoms with E-state index in [0.717, 1.165) is 75.6 Å². The summed E-state index contributed by atoms with van der Waals surface area (Å²) in [7, 11) is 1.90. The lowest BCUT2D eigenvalue weighted by Crippen LogP contribution is -2.74. The maximum Gasteiger partial charge on any atom is 0.235 e. The van der Waals surface area contributed by atoms with Crippen molar-refractivity contribution in [2.24, 2.45) is 29.8 Å². The van der Waals surface area contributed by atoms with Gasteiger partial charge in [-0.15, -0.1) is 0 Å². The number of nitrogens with two attached hydrogens (primary N) is 2. The molecule has 0 radical (unpaired) electrons. The summed E-state index contributed by atoms with van der Waals surface area (Å²) in [6, 6.07) is 17.3. The number of aromatic hydroxyl groups is 1. The molecule has 5 fully saturated rings. The molecule has 5 aliphatic heterocycles. The van der Waals surface area contributed by atoms with Crippen molar-refractivity contribution in [2.75, 3.05) is 63.8 Å². The number of aryl methyl sites for hydroxylation is 1. The van der Waals surface area contributed by atoms with Crippen molar-refractivity contribution in [3.8, 4) is 5.75 Å². The molecular formula is C42H53N9O4. The molecule has 0 saturated carbocycles. The van der Waals surface area contributed by atoms with E-state index in [9.17, 15) is 19.5 Å². The number of aromatic nitrogens is 2. The Kier molecular flexibility index (Phi) is 9.83. The van der Waals surface area contributed by atoms with Gasteiger partial charge in [0.15, 0.2) is 0 Å². The van der Waals surface area contributed by atoms with Gasteiger partial charge in [-0.25, -0.2) is 0 Å². The standard InChI is InChI=1S/C42H53N9O4/c1-47-17-14-37(46-47)42(15-20-50(21-16-42)32(23-43)22-35(44)34-4-2-3-5-36(34)52)40(55)51-27-41(28-51)25-48(26-41)24-29-12-18-49(19-13-29)31-8-6-30(7-9-31)33-10-11-38(53)45-39(33)54/h2-9,14,17,22-23,29,33,52H,10-13,15-16,18-21,24-28,43-44H2,1H3,(H,45,53,54)/b32-23+,35-22-. The smallest absolute Gasteiger partial charge is 0.235 e. The number of allylic oxidation sites excluding steroid dienone is 1. The Labute approximate surface area is 322 Å². The summed E-state index contributed by atoms with van der Waals surface area (Å²) in [5.74, 6) is 0.317. The minimum atomic E-state index is -0.700. The second kappa shape index (κ2) is 14.7. The van der Waals surface area contributed by atoms with Gasteiger partial charge in [-0.3, -0.25) is 24.4 Å². The molecule has 13 nitrogen and oxygen atoms in total. The van der Waals surface area contributed by atoms with E-state index in [-0.39, 0.29) is 34.8 Å². The third kappa shape index (κ3) is 7.17. The van der Waals surface area contributed by atoms with Crippen molar-refractivity contribution in [3.63, 3.8) is 0 Å². The third-order valence-electron chi connectivity index (χ3n) is 12.8. The van der Waals surface area contributed by atoms with E-state index in [1.807, 2.05) is 37.5 Å². The Morgan fingerprint density at radius 2 is 1.65 bits per heavy atom. The Balaban J connectivity index is 0.823. The van der Waals surface area contributed by atoms with Crippen LogP contribution in [-0.2, 0) is 26.8 Å². The second-order valence-electron chi connectivity index (χ2n) is 16.5. The van der Waals surface area contributed by atoms with Crippen LogP contribution in [0, 0.1) is 11.3 Å². The predicted octanol–water partition coefficient (Wildman–Crippen LogP) is 2.84. The zero-order valence-electron chi connectivity index (χ0n) is 31.7. The van der Waals surface area contributed by atoms with Crippen LogP contribution in [0.2, 0.25) is 0 Å². The number of phenolic OH excluding ortho intramolecular Hbond substituents is 1. The number of carbonyl (C=O) groups excluding carboxylic acids is 3. The topological polar surface area (TPSA) is 166 Å². The summed E-state index contributed by atoms with van der Waals surface area (Å²) in [5, 5.41) is 17.5. The van der Waals surface area contributed by atoms with Gasteiger partial charge in [0.2, 0.25) is 17.7 Å². The number of nitrogens with zero attached hydrogens (tertiary/aromatic N) is 6. The zero-order valence-corrected chi connectivity index (χ0v) is 31.7. The summed E-state index contributed by atoms with van der Waals surface area (Å²) < 4.78 is 1.78. The number of carbonyl (C=O) groups is 3. The number of likely N-dealkylation sites (tertiary alicyclic amines) is 3. The van der Waals surface area contributed by atoms with E-state index in [1.165, 1.54) is 5.69 Å². The molecule has 55 heavy (non-hydrogen) atoms. The van der Waals surface area contributed by atoms with Gasteiger partial charge in [-0.1, -0.05) is 24.3 Å². The highest BCUT2D eigenvalue weighted by Crippen LogP contribution is 2.45. The van der Waals surface area contributed by atoms with Crippen LogP contribution in [0.25, 0.3) is 5.70 Å². The lowest BCUT2D eigenvalue weighted by Gasteiger charge is -2.62. The average Bonchev–Trinajstić information content (AvgIpc) is 3.61. The van der Waals surface area contributed by atoms with Gasteiger partial charge in [0.1, 0.15) is 5.75 Å². The van der Waals surface area contributed by atoms with Crippen molar-refractivity contribution >= 4 is 29.1 Å². The number of para-hydroxylation sites is 1. The number of benzene rings is 2. The highest BCUT2D eigenvalue weighted by atomic mass is 16.3. The van der Waals surface area contributed by atoms with Gasteiger partial charge in [-0.2, -0.15) is 5.10 Å². The molecule has 3 amide bonds. The summed E-state index contributed by atoms with van der Waals surface area (Å²) in [5.41, 5.74) is 16.7. The number of amides is 3. The molecule has 2 aromatic carbocycles. The Morgan fingerprint density at radius 3 is 2.29 bits per heavy atom. The molecule has 8 rings (SSSR count). The summed E-state index contributed by atoms with van der Waals surface area (Å²) in [6.07, 6.45) is 9.73. The van der Waals surface area contributed by atoms with Crippen LogP contribution in [0.3, 0.4) is 0 Å². The second-order valence-corrected chi connectivity index (χ2v) is 16.5. The third-order valence-corrected chi connectivity index (χ3v) is 12.8. The fourth-order valence-electron chi connectivity index (χ4n) is 9.71. The minimum absolute atomic E-state index is 0.114. The van der Waals surface area contributed by atoms with Crippen LogP contribution in [0.1, 0.15) is 61.3 Å². The predicted molar refractivity (Wildman–Crippen MR) is 210 cm³/mol. The number of imide groups is 1. The Bertz CT molecular complexity index is 1970. The van der Waals surface area contributed by atoms with E-state index in [4.69, 9.17) is 16.6 Å². The minimum Gasteiger partial charge on any atom is -0.507 e. The maximum absolute atomic E-state index is 14.5. The van der Waals surface area contributed by atoms with E-state index < -0.39 is 5.41 Å². The van der Waals surface area contributed by atoms with Gasteiger partial charge < -0.3 is 36.2 Å². The SMILES string of the molecule is Cn1ccc(C2(C(=O)N3CC4(CN(CC5CCN(c6ccc(C7CCC(=O)NC7=O)cc6)CC5)C4)C3)CCN(C(/C=C(\N)c3ccccc3O)=C/N)CC2)n1. The summed E-state index contributed by atoms with van der Waals surface area (Å²) in [4.78, 5) is 47.6. The van der Waals surface area contributed by atoms with Crippen molar-refractivity contribution in [1.29, 1.82) is 0 Å². The fraction of sp³-hybridized carbons (Fsp3) is 0.476. The molecule has 1 spiro atoms. The number of hydrogen-bond donors (Lipinski definition) is 4. The number of hydrogen-bond acceptors (Lipinski definition) is 10. The van der Waals surface area contributed by atoms with E-state index in [0.29, 0.717) is 56.0 Å². The number of nitrogens with one attached hydrogen (secondary N) is 1. The van der Waals surface area contributed by atoms with Gasteiger partial charge in [-0.05, 0) is 80.0 Å². The molecule has 13 heteroatoms. The summed E-state index contributed by atoms with van der Waals surface area (Å²) >= 11 is 0. The molecule has 5 saturated heterocycles. The first kappa shape index (κ1) is 36.7. The first-order chi connectivity index (χ1) is 26.5. The van der Waals surface area contributed by atoms with Gasteiger partial charge in [0.25, 0.3) is 0 Å². The van der Waals surface area contributed by atoms with Crippen LogP contribution in [0.15, 0.2) is 78.8 Å². The van der Waals surface area contributed by atoms with Crippen molar-refractivity contribution < 1.29 is 19.5 Å². The number of rotatable bonds is 9. The number of phenols is 1. The van der Waals surface area contributed by atoms with E-state index >= 15 is 0 Å². The molecular weight excluding hydrogens is 695 g/mol. The highest BCUT2D eigenvalue weighted by Gasteiger charge is 2.57. The lowest BCUT2D eigenvalue weighted by molar-refractivity contribution is -0.167. The molecule has 6 heterocycles. The molecule has 5 aliphatic rings. The molecule has 1 unspecified atom stereocenters. The maximum atomic E-state index is 14.5. The van der Waals surface area contributed by atoms with Gasteiger partial charge in [0, 0.05) is 107 Å². The van der Waals surface area contributed by atoms with Crippen molar-refractivity contribution in [1.82, 2.24) is 29.8 Å². The first-order valence-corrected chi connectivity index (χ1v) is 19.7. The van der Waals surface area contributed by atoms with E-state index in [2.05, 4.69) is 37.0 Å². The average molecular weight is 748 g/mol. The Morgan fingerprint density at radius 1 is 0.945 bits per heavy atom.